The molecule has 0 aromatic heterocycles. The van der Waals surface area contributed by atoms with Crippen LogP contribution in [0.1, 0.15) is 26.3 Å². The van der Waals surface area contributed by atoms with E-state index in [4.69, 9.17) is 0 Å². The molecule has 0 saturated heterocycles. The van der Waals surface area contributed by atoms with Gasteiger partial charge in [0.1, 0.15) is 0 Å². The summed E-state index contributed by atoms with van der Waals surface area (Å²) in [5, 5.41) is 3.46. The zero-order chi connectivity index (χ0) is 12.9. The number of hydrogen-bond donors (Lipinski definition) is 1. The maximum Gasteiger partial charge on any atom is 0.0402 e. The SMILES string of the molecule is C=N/C=C(\SC)c1cccc(NC(C)(C)C)c1. The van der Waals surface area contributed by atoms with E-state index in [9.17, 15) is 0 Å². The summed E-state index contributed by atoms with van der Waals surface area (Å²) in [6.45, 7) is 9.95. The summed E-state index contributed by atoms with van der Waals surface area (Å²) < 4.78 is 0. The van der Waals surface area contributed by atoms with Gasteiger partial charge in [0.2, 0.25) is 0 Å². The van der Waals surface area contributed by atoms with Gasteiger partial charge in [0.15, 0.2) is 0 Å². The molecule has 0 saturated carbocycles. The lowest BCUT2D eigenvalue weighted by Crippen LogP contribution is -2.25. The van der Waals surface area contributed by atoms with Crippen LogP contribution in [0.25, 0.3) is 4.91 Å². The molecular formula is C14H20N2S. The highest BCUT2D eigenvalue weighted by Gasteiger charge is 2.09. The van der Waals surface area contributed by atoms with Crippen LogP contribution in [-0.4, -0.2) is 18.5 Å². The highest BCUT2D eigenvalue weighted by molar-refractivity contribution is 8.07. The van der Waals surface area contributed by atoms with E-state index in [-0.39, 0.29) is 5.54 Å². The molecule has 3 heteroatoms. The Morgan fingerprint density at radius 3 is 2.65 bits per heavy atom. The Balaban J connectivity index is 3.00. The summed E-state index contributed by atoms with van der Waals surface area (Å²) in [7, 11) is 0. The third-order valence-electron chi connectivity index (χ3n) is 2.09. The average molecular weight is 248 g/mol. The Labute approximate surface area is 108 Å². The second kappa shape index (κ2) is 5.92. The van der Waals surface area contributed by atoms with E-state index < -0.39 is 0 Å². The fraction of sp³-hybridized carbons (Fsp3) is 0.357. The number of anilines is 1. The minimum absolute atomic E-state index is 0.0680. The second-order valence-electron chi connectivity index (χ2n) is 4.84. The topological polar surface area (TPSA) is 24.4 Å². The Morgan fingerprint density at radius 2 is 2.12 bits per heavy atom. The van der Waals surface area contributed by atoms with Crippen LogP contribution in [0.3, 0.4) is 0 Å². The first-order valence-electron chi connectivity index (χ1n) is 5.55. The summed E-state index contributed by atoms with van der Waals surface area (Å²) in [6, 6.07) is 8.35. The van der Waals surface area contributed by atoms with E-state index >= 15 is 0 Å². The van der Waals surface area contributed by atoms with Crippen molar-refractivity contribution in [1.82, 2.24) is 0 Å². The number of thioether (sulfide) groups is 1. The molecule has 1 N–H and O–H groups in total. The third-order valence-corrected chi connectivity index (χ3v) is 2.88. The monoisotopic (exact) mass is 248 g/mol. The van der Waals surface area contributed by atoms with Crippen LogP contribution in [0.4, 0.5) is 5.69 Å². The molecular weight excluding hydrogens is 228 g/mol. The number of nitrogens with one attached hydrogen (secondary N) is 1. The maximum absolute atomic E-state index is 3.83. The number of nitrogens with zero attached hydrogens (tertiary/aromatic N) is 1. The Bertz CT molecular complexity index is 416. The maximum atomic E-state index is 3.83. The van der Waals surface area contributed by atoms with Crippen LogP contribution in [0.5, 0.6) is 0 Å². The third kappa shape index (κ3) is 4.65. The molecule has 0 heterocycles. The quantitative estimate of drug-likeness (QED) is 0.805. The summed E-state index contributed by atoms with van der Waals surface area (Å²) in [4.78, 5) is 4.96. The number of hydrogen-bond acceptors (Lipinski definition) is 3. The van der Waals surface area contributed by atoms with Crippen LogP contribution in [0.2, 0.25) is 0 Å². The molecule has 0 amide bonds. The summed E-state index contributed by atoms with van der Waals surface area (Å²) >= 11 is 1.67. The van der Waals surface area contributed by atoms with Crippen LogP contribution in [0.15, 0.2) is 35.5 Å². The van der Waals surface area contributed by atoms with Crippen molar-refractivity contribution in [2.45, 2.75) is 26.3 Å². The van der Waals surface area contributed by atoms with Gasteiger partial charge >= 0.3 is 0 Å². The molecule has 0 aliphatic carbocycles. The average Bonchev–Trinajstić information content (AvgIpc) is 2.24. The Hall–Kier alpha value is -1.22. The zero-order valence-electron chi connectivity index (χ0n) is 10.9. The molecule has 1 rings (SSSR count). The zero-order valence-corrected chi connectivity index (χ0v) is 11.8. The van der Waals surface area contributed by atoms with Gasteiger partial charge in [-0.15, -0.1) is 11.8 Å². The van der Waals surface area contributed by atoms with E-state index in [1.165, 1.54) is 5.56 Å². The second-order valence-corrected chi connectivity index (χ2v) is 5.68. The van der Waals surface area contributed by atoms with E-state index in [0.717, 1.165) is 10.6 Å². The van der Waals surface area contributed by atoms with Crippen LogP contribution in [-0.2, 0) is 0 Å². The highest BCUT2D eigenvalue weighted by Crippen LogP contribution is 2.27. The lowest BCUT2D eigenvalue weighted by atomic mass is 10.1. The van der Waals surface area contributed by atoms with Gasteiger partial charge in [-0.3, -0.25) is 4.99 Å². The Kier molecular flexibility index (Phi) is 4.82. The normalized spacial score (nSPS) is 12.4. The van der Waals surface area contributed by atoms with Crippen LogP contribution >= 0.6 is 11.8 Å². The molecule has 1 aromatic rings. The van der Waals surface area contributed by atoms with Gasteiger partial charge in [0.05, 0.1) is 0 Å². The van der Waals surface area contributed by atoms with E-state index in [1.807, 2.05) is 6.26 Å². The lowest BCUT2D eigenvalue weighted by Gasteiger charge is -2.22. The predicted molar refractivity (Wildman–Crippen MR) is 80.9 cm³/mol. The number of benzene rings is 1. The summed E-state index contributed by atoms with van der Waals surface area (Å²) in [6.07, 6.45) is 3.84. The molecule has 0 atom stereocenters. The molecule has 0 spiro atoms. The van der Waals surface area contributed by atoms with E-state index in [0.29, 0.717) is 0 Å². The first-order chi connectivity index (χ1) is 7.96. The Morgan fingerprint density at radius 1 is 1.41 bits per heavy atom. The molecule has 0 aliphatic rings. The molecule has 0 aliphatic heterocycles. The fourth-order valence-corrected chi connectivity index (χ4v) is 2.05. The molecule has 2 nitrogen and oxygen atoms in total. The fourth-order valence-electron chi connectivity index (χ4n) is 1.51. The smallest absolute Gasteiger partial charge is 0.0402 e. The van der Waals surface area contributed by atoms with Gasteiger partial charge in [0, 0.05) is 22.3 Å². The van der Waals surface area contributed by atoms with Gasteiger partial charge in [-0.25, -0.2) is 0 Å². The van der Waals surface area contributed by atoms with Crippen molar-refractivity contribution in [3.8, 4) is 0 Å². The van der Waals surface area contributed by atoms with Crippen molar-refractivity contribution < 1.29 is 0 Å². The van der Waals surface area contributed by atoms with E-state index in [2.05, 4.69) is 62.1 Å². The lowest BCUT2D eigenvalue weighted by molar-refractivity contribution is 0.634. The summed E-state index contributed by atoms with van der Waals surface area (Å²) in [5.41, 5.74) is 2.36. The van der Waals surface area contributed by atoms with Crippen molar-refractivity contribution in [3.05, 3.63) is 36.0 Å². The largest absolute Gasteiger partial charge is 0.380 e. The molecule has 0 fully saturated rings. The van der Waals surface area contributed by atoms with Crippen molar-refractivity contribution >= 4 is 29.1 Å². The van der Waals surface area contributed by atoms with Gasteiger partial charge in [-0.05, 0) is 51.4 Å². The standard InChI is InChI=1S/C14H20N2S/c1-14(2,3)16-12-8-6-7-11(9-12)13(17-5)10-15-4/h6-10,16H,4H2,1-3,5H3/b13-10-. The minimum atomic E-state index is 0.0680. The number of rotatable bonds is 4. The van der Waals surface area contributed by atoms with Gasteiger partial charge in [-0.1, -0.05) is 12.1 Å². The molecule has 0 bridgehead atoms. The minimum Gasteiger partial charge on any atom is -0.380 e. The van der Waals surface area contributed by atoms with Crippen molar-refractivity contribution in [3.63, 3.8) is 0 Å². The molecule has 1 aromatic carbocycles. The van der Waals surface area contributed by atoms with Gasteiger partial charge < -0.3 is 5.32 Å². The van der Waals surface area contributed by atoms with Crippen LogP contribution in [0, 0.1) is 0 Å². The van der Waals surface area contributed by atoms with Gasteiger partial charge in [0.25, 0.3) is 0 Å². The molecule has 17 heavy (non-hydrogen) atoms. The number of aliphatic imine (C=N–C) groups is 1. The highest BCUT2D eigenvalue weighted by atomic mass is 32.2. The molecule has 0 radical (unpaired) electrons. The first kappa shape index (κ1) is 13.8. The van der Waals surface area contributed by atoms with Gasteiger partial charge in [-0.2, -0.15) is 0 Å². The van der Waals surface area contributed by atoms with Crippen LogP contribution < -0.4 is 5.32 Å². The molecule has 0 unspecified atom stereocenters. The van der Waals surface area contributed by atoms with Crippen molar-refractivity contribution in [2.75, 3.05) is 11.6 Å². The summed E-state index contributed by atoms with van der Waals surface area (Å²) in [5.74, 6) is 0. The molecule has 92 valence electrons. The first-order valence-corrected chi connectivity index (χ1v) is 6.77. The predicted octanol–water partition coefficient (Wildman–Crippen LogP) is 4.26. The van der Waals surface area contributed by atoms with E-state index in [1.54, 1.807) is 18.0 Å². The van der Waals surface area contributed by atoms with Crippen molar-refractivity contribution in [2.24, 2.45) is 4.99 Å². The van der Waals surface area contributed by atoms with Crippen molar-refractivity contribution in [1.29, 1.82) is 0 Å².